The van der Waals surface area contributed by atoms with Crippen LogP contribution in [-0.2, 0) is 6.61 Å². The molecule has 5 nitrogen and oxygen atoms in total. The number of ether oxygens (including phenoxy) is 1. The van der Waals surface area contributed by atoms with Crippen LogP contribution in [0.2, 0.25) is 0 Å². The number of fused-ring (bicyclic) bond motifs is 1. The number of hydrogen-bond acceptors (Lipinski definition) is 5. The molecule has 0 aliphatic carbocycles. The van der Waals surface area contributed by atoms with Gasteiger partial charge in [0.2, 0.25) is 12.2 Å². The maximum absolute atomic E-state index is 9.89. The van der Waals surface area contributed by atoms with E-state index in [-0.39, 0.29) is 6.61 Å². The molecule has 3 aromatic rings. The Morgan fingerprint density at radius 3 is 2.85 bits per heavy atom. The molecule has 0 unspecified atom stereocenters. The normalized spacial score (nSPS) is 12.5. The summed E-state index contributed by atoms with van der Waals surface area (Å²) in [5, 5.41) is 15.6. The van der Waals surface area contributed by atoms with Crippen LogP contribution >= 0.6 is 0 Å². The number of hydrogen-bond donors (Lipinski definition) is 1. The minimum absolute atomic E-state index is 0.199. The van der Waals surface area contributed by atoms with Crippen molar-refractivity contribution in [3.05, 3.63) is 54.2 Å². The number of aromatic nitrogens is 2. The Bertz CT molecular complexity index is 708. The molecule has 1 aromatic heterocycles. The Morgan fingerprint density at radius 2 is 2.10 bits per heavy atom. The summed E-state index contributed by atoms with van der Waals surface area (Å²) in [6, 6.07) is 11.7. The monoisotopic (exact) mass is 270 g/mol. The molecule has 0 saturated carbocycles. The molecule has 0 aliphatic rings. The molecular weight excluding hydrogens is 256 g/mol. The summed E-state index contributed by atoms with van der Waals surface area (Å²) in [7, 11) is 0. The molecule has 5 heteroatoms. The van der Waals surface area contributed by atoms with E-state index in [4.69, 9.17) is 4.74 Å². The minimum Gasteiger partial charge on any atom is -0.484 e. The summed E-state index contributed by atoms with van der Waals surface area (Å²) in [5.41, 5.74) is 0.743. The lowest BCUT2D eigenvalue weighted by molar-refractivity contribution is 0.190. The van der Waals surface area contributed by atoms with Crippen LogP contribution in [0.25, 0.3) is 10.8 Å². The van der Waals surface area contributed by atoms with E-state index in [9.17, 15) is 5.11 Å². The van der Waals surface area contributed by atoms with Crippen molar-refractivity contribution in [2.75, 3.05) is 0 Å². The molecule has 1 heterocycles. The maximum atomic E-state index is 9.89. The van der Waals surface area contributed by atoms with E-state index in [0.29, 0.717) is 11.6 Å². The zero-order valence-electron chi connectivity index (χ0n) is 11.0. The fraction of sp³-hybridized carbons (Fsp3) is 0.200. The van der Waals surface area contributed by atoms with Gasteiger partial charge in [-0.05, 0) is 12.3 Å². The van der Waals surface area contributed by atoms with Gasteiger partial charge in [-0.1, -0.05) is 41.6 Å². The molecule has 0 aliphatic heterocycles. The minimum atomic E-state index is -0.611. The summed E-state index contributed by atoms with van der Waals surface area (Å²) < 4.78 is 10.5. The van der Waals surface area contributed by atoms with Gasteiger partial charge < -0.3 is 14.4 Å². The van der Waals surface area contributed by atoms with Gasteiger partial charge in [-0.25, -0.2) is 0 Å². The summed E-state index contributed by atoms with van der Waals surface area (Å²) >= 11 is 0. The van der Waals surface area contributed by atoms with Gasteiger partial charge in [0.05, 0.1) is 6.10 Å². The second-order valence-electron chi connectivity index (χ2n) is 4.52. The van der Waals surface area contributed by atoms with Gasteiger partial charge in [0.1, 0.15) is 5.75 Å². The van der Waals surface area contributed by atoms with Gasteiger partial charge in [-0.2, -0.15) is 4.98 Å². The van der Waals surface area contributed by atoms with Crippen molar-refractivity contribution in [2.24, 2.45) is 0 Å². The van der Waals surface area contributed by atoms with Crippen LogP contribution in [-0.4, -0.2) is 15.2 Å². The Kier molecular flexibility index (Phi) is 3.35. The fourth-order valence-corrected chi connectivity index (χ4v) is 2.14. The number of benzene rings is 2. The smallest absolute Gasteiger partial charge is 0.213 e. The summed E-state index contributed by atoms with van der Waals surface area (Å²) in [5.74, 6) is 1.12. The SMILES string of the molecule is C[C@@H](O)c1ccc2ccccc2c1OCc1ncon1. The summed E-state index contributed by atoms with van der Waals surface area (Å²) in [6.45, 7) is 1.91. The van der Waals surface area contributed by atoms with Gasteiger partial charge in [-0.15, -0.1) is 0 Å². The molecule has 0 bridgehead atoms. The highest BCUT2D eigenvalue weighted by molar-refractivity contribution is 5.89. The van der Waals surface area contributed by atoms with Gasteiger partial charge in [-0.3, -0.25) is 0 Å². The molecule has 0 radical (unpaired) electrons. The molecule has 2 aromatic carbocycles. The predicted molar refractivity (Wildman–Crippen MR) is 73.2 cm³/mol. The molecule has 1 N–H and O–H groups in total. The molecule has 0 amide bonds. The number of aliphatic hydroxyl groups excluding tert-OH is 1. The lowest BCUT2D eigenvalue weighted by atomic mass is 10.0. The molecule has 1 atom stereocenters. The van der Waals surface area contributed by atoms with Crippen LogP contribution in [0, 0.1) is 0 Å². The van der Waals surface area contributed by atoms with Crippen LogP contribution in [0.3, 0.4) is 0 Å². The molecule has 0 saturated heterocycles. The van der Waals surface area contributed by atoms with Gasteiger partial charge in [0.25, 0.3) is 0 Å². The maximum Gasteiger partial charge on any atom is 0.213 e. The van der Waals surface area contributed by atoms with E-state index in [1.165, 1.54) is 6.39 Å². The highest BCUT2D eigenvalue weighted by Gasteiger charge is 2.13. The van der Waals surface area contributed by atoms with Crippen molar-refractivity contribution in [1.82, 2.24) is 10.1 Å². The van der Waals surface area contributed by atoms with Crippen molar-refractivity contribution in [3.8, 4) is 5.75 Å². The lowest BCUT2D eigenvalue weighted by Gasteiger charge is -2.15. The first kappa shape index (κ1) is 12.6. The average Bonchev–Trinajstić information content (AvgIpc) is 2.97. The van der Waals surface area contributed by atoms with Crippen molar-refractivity contribution >= 4 is 10.8 Å². The van der Waals surface area contributed by atoms with Crippen molar-refractivity contribution in [1.29, 1.82) is 0 Å². The van der Waals surface area contributed by atoms with Crippen LogP contribution < -0.4 is 4.74 Å². The van der Waals surface area contributed by atoms with Crippen molar-refractivity contribution in [3.63, 3.8) is 0 Å². The molecule has 20 heavy (non-hydrogen) atoms. The lowest BCUT2D eigenvalue weighted by Crippen LogP contribution is -2.03. The number of aliphatic hydroxyl groups is 1. The van der Waals surface area contributed by atoms with Gasteiger partial charge in [0, 0.05) is 10.9 Å². The Hall–Kier alpha value is -2.40. The standard InChI is InChI=1S/C15H14N2O3/c1-10(18)12-7-6-11-4-2-3-5-13(11)15(12)19-8-14-16-9-20-17-14/h2-7,9-10,18H,8H2,1H3/t10-/m1/s1. The summed E-state index contributed by atoms with van der Waals surface area (Å²) in [4.78, 5) is 3.92. The first-order valence-corrected chi connectivity index (χ1v) is 6.33. The molecular formula is C15H14N2O3. The first-order valence-electron chi connectivity index (χ1n) is 6.33. The third-order valence-electron chi connectivity index (χ3n) is 3.11. The number of nitrogens with zero attached hydrogens (tertiary/aromatic N) is 2. The largest absolute Gasteiger partial charge is 0.484 e. The van der Waals surface area contributed by atoms with E-state index < -0.39 is 6.10 Å². The Balaban J connectivity index is 2.03. The average molecular weight is 270 g/mol. The van der Waals surface area contributed by atoms with Crippen molar-refractivity contribution in [2.45, 2.75) is 19.6 Å². The quantitative estimate of drug-likeness (QED) is 0.789. The van der Waals surface area contributed by atoms with Gasteiger partial charge >= 0.3 is 0 Å². The zero-order valence-corrected chi connectivity index (χ0v) is 11.0. The van der Waals surface area contributed by atoms with Gasteiger partial charge in [0.15, 0.2) is 6.61 Å². The molecule has 0 fully saturated rings. The molecule has 102 valence electrons. The van der Waals surface area contributed by atoms with Crippen LogP contribution in [0.4, 0.5) is 0 Å². The summed E-state index contributed by atoms with van der Waals surface area (Å²) in [6.07, 6.45) is 0.650. The molecule has 3 rings (SSSR count). The third-order valence-corrected chi connectivity index (χ3v) is 3.11. The van der Waals surface area contributed by atoms with E-state index in [0.717, 1.165) is 16.3 Å². The predicted octanol–water partition coefficient (Wildman–Crippen LogP) is 2.86. The van der Waals surface area contributed by atoms with Crippen LogP contribution in [0.15, 0.2) is 47.3 Å². The van der Waals surface area contributed by atoms with E-state index in [1.54, 1.807) is 6.92 Å². The van der Waals surface area contributed by atoms with Crippen molar-refractivity contribution < 1.29 is 14.4 Å². The third kappa shape index (κ3) is 2.35. The topological polar surface area (TPSA) is 68.4 Å². The first-order chi connectivity index (χ1) is 9.75. The highest BCUT2D eigenvalue weighted by atomic mass is 16.5. The second kappa shape index (κ2) is 5.30. The van der Waals surface area contributed by atoms with E-state index >= 15 is 0 Å². The Morgan fingerprint density at radius 1 is 1.25 bits per heavy atom. The van der Waals surface area contributed by atoms with E-state index in [1.807, 2.05) is 36.4 Å². The number of rotatable bonds is 4. The van der Waals surface area contributed by atoms with Crippen LogP contribution in [0.1, 0.15) is 24.4 Å². The molecule has 0 spiro atoms. The second-order valence-corrected chi connectivity index (χ2v) is 4.52. The van der Waals surface area contributed by atoms with E-state index in [2.05, 4.69) is 14.7 Å². The Labute approximate surface area is 115 Å². The van der Waals surface area contributed by atoms with Crippen LogP contribution in [0.5, 0.6) is 5.75 Å². The zero-order chi connectivity index (χ0) is 13.9. The fourth-order valence-electron chi connectivity index (χ4n) is 2.14. The highest BCUT2D eigenvalue weighted by Crippen LogP contribution is 2.33.